The molecule has 3 atom stereocenters. The van der Waals surface area contributed by atoms with Crippen LogP contribution >= 0.6 is 11.8 Å². The van der Waals surface area contributed by atoms with Crippen molar-refractivity contribution >= 4 is 29.6 Å². The van der Waals surface area contributed by atoms with Gasteiger partial charge < -0.3 is 30.1 Å². The summed E-state index contributed by atoms with van der Waals surface area (Å²) >= 11 is 1.60. The van der Waals surface area contributed by atoms with Crippen molar-refractivity contribution in [2.75, 3.05) is 5.75 Å². The maximum atomic E-state index is 12.2. The fourth-order valence-electron chi connectivity index (χ4n) is 5.32. The minimum absolute atomic E-state index is 0.0353. The van der Waals surface area contributed by atoms with Crippen molar-refractivity contribution in [3.05, 3.63) is 125 Å². The molecule has 5 rings (SSSR count). The van der Waals surface area contributed by atoms with Crippen LogP contribution in [0.4, 0.5) is 0 Å². The molecular weight excluding hydrogens is 618 g/mol. The topological polar surface area (TPSA) is 142 Å². The van der Waals surface area contributed by atoms with Crippen LogP contribution < -0.4 is 5.32 Å². The summed E-state index contributed by atoms with van der Waals surface area (Å²) in [4.78, 5) is 35.1. The average molecular weight is 656 g/mol. The average Bonchev–Trinajstić information content (AvgIpc) is 3.10. The van der Waals surface area contributed by atoms with E-state index in [1.54, 1.807) is 36.0 Å². The number of aliphatic carboxylic acids is 1. The van der Waals surface area contributed by atoms with E-state index in [1.165, 1.54) is 0 Å². The highest BCUT2D eigenvalue weighted by molar-refractivity contribution is 7.99. The SMILES string of the molecule is O=C(O)CCCC(=O)NCc1cccc(-c2cccc(C3OC(CSc4ccc(C(=O)O)cc4)CC(c4ccc(CO)cc4)O3)c2)c1. The number of amides is 1. The number of hydrogen-bond acceptors (Lipinski definition) is 7. The maximum Gasteiger partial charge on any atom is 0.335 e. The zero-order chi connectivity index (χ0) is 33.2. The van der Waals surface area contributed by atoms with Crippen LogP contribution in [0, 0.1) is 0 Å². The van der Waals surface area contributed by atoms with Crippen LogP contribution in [-0.2, 0) is 32.2 Å². The van der Waals surface area contributed by atoms with Gasteiger partial charge in [-0.3, -0.25) is 9.59 Å². The molecule has 1 saturated heterocycles. The van der Waals surface area contributed by atoms with Crippen molar-refractivity contribution in [3.8, 4) is 11.1 Å². The molecule has 244 valence electrons. The molecule has 0 aliphatic carbocycles. The zero-order valence-electron chi connectivity index (χ0n) is 25.7. The van der Waals surface area contributed by atoms with E-state index in [9.17, 15) is 24.6 Å². The first-order valence-electron chi connectivity index (χ1n) is 15.4. The highest BCUT2D eigenvalue weighted by atomic mass is 32.2. The summed E-state index contributed by atoms with van der Waals surface area (Å²) < 4.78 is 13.1. The van der Waals surface area contributed by atoms with Gasteiger partial charge in [-0.2, -0.15) is 0 Å². The number of carbonyl (C=O) groups excluding carboxylic acids is 1. The van der Waals surface area contributed by atoms with Gasteiger partial charge in [-0.1, -0.05) is 60.7 Å². The third-order valence-electron chi connectivity index (χ3n) is 7.86. The number of benzene rings is 4. The molecule has 10 heteroatoms. The fourth-order valence-corrected chi connectivity index (χ4v) is 6.24. The van der Waals surface area contributed by atoms with E-state index in [1.807, 2.05) is 72.8 Å². The van der Waals surface area contributed by atoms with Crippen LogP contribution in [0.15, 0.2) is 102 Å². The van der Waals surface area contributed by atoms with E-state index >= 15 is 0 Å². The Labute approximate surface area is 277 Å². The van der Waals surface area contributed by atoms with Gasteiger partial charge in [0.1, 0.15) is 0 Å². The van der Waals surface area contributed by atoms with E-state index < -0.39 is 18.2 Å². The van der Waals surface area contributed by atoms with Crippen LogP contribution in [0.2, 0.25) is 0 Å². The number of aliphatic hydroxyl groups excluding tert-OH is 1. The van der Waals surface area contributed by atoms with Gasteiger partial charge in [0, 0.05) is 42.0 Å². The summed E-state index contributed by atoms with van der Waals surface area (Å²) in [5.74, 6) is -1.42. The van der Waals surface area contributed by atoms with Crippen LogP contribution in [0.5, 0.6) is 0 Å². The second kappa shape index (κ2) is 16.4. The first-order chi connectivity index (χ1) is 22.8. The van der Waals surface area contributed by atoms with Crippen LogP contribution in [0.25, 0.3) is 11.1 Å². The van der Waals surface area contributed by atoms with Gasteiger partial charge in [0.15, 0.2) is 6.29 Å². The lowest BCUT2D eigenvalue weighted by Gasteiger charge is -2.36. The van der Waals surface area contributed by atoms with Gasteiger partial charge in [-0.15, -0.1) is 11.8 Å². The number of nitrogens with one attached hydrogen (secondary N) is 1. The second-order valence-corrected chi connectivity index (χ2v) is 12.4. The third kappa shape index (κ3) is 9.76. The molecule has 0 aromatic heterocycles. The molecule has 0 spiro atoms. The molecule has 4 aromatic rings. The Hall–Kier alpha value is -4.48. The number of aromatic carboxylic acids is 1. The van der Waals surface area contributed by atoms with E-state index in [-0.39, 0.29) is 43.1 Å². The predicted molar refractivity (Wildman–Crippen MR) is 178 cm³/mol. The minimum atomic E-state index is -0.960. The highest BCUT2D eigenvalue weighted by Gasteiger charge is 2.32. The molecule has 1 aliphatic heterocycles. The number of aliphatic hydroxyl groups is 1. The van der Waals surface area contributed by atoms with Crippen LogP contribution in [-0.4, -0.2) is 45.0 Å². The number of rotatable bonds is 14. The second-order valence-electron chi connectivity index (χ2n) is 11.3. The van der Waals surface area contributed by atoms with Gasteiger partial charge in [0.25, 0.3) is 0 Å². The van der Waals surface area contributed by atoms with Crippen molar-refractivity contribution < 1.29 is 39.2 Å². The monoisotopic (exact) mass is 655 g/mol. The van der Waals surface area contributed by atoms with Crippen molar-refractivity contribution in [1.82, 2.24) is 5.32 Å². The molecule has 4 N–H and O–H groups in total. The molecule has 1 aliphatic rings. The van der Waals surface area contributed by atoms with Crippen molar-refractivity contribution in [2.24, 2.45) is 0 Å². The molecule has 4 aromatic carbocycles. The van der Waals surface area contributed by atoms with Gasteiger partial charge in [0.05, 0.1) is 24.4 Å². The number of ether oxygens (including phenoxy) is 2. The summed E-state index contributed by atoms with van der Waals surface area (Å²) in [6, 6.07) is 30.4. The summed E-state index contributed by atoms with van der Waals surface area (Å²) in [5, 5.41) is 30.4. The quantitative estimate of drug-likeness (QED) is 0.109. The van der Waals surface area contributed by atoms with Crippen molar-refractivity contribution in [1.29, 1.82) is 0 Å². The zero-order valence-corrected chi connectivity index (χ0v) is 26.5. The Bertz CT molecular complexity index is 1670. The largest absolute Gasteiger partial charge is 0.481 e. The van der Waals surface area contributed by atoms with Crippen molar-refractivity contribution in [3.63, 3.8) is 0 Å². The molecule has 1 heterocycles. The lowest BCUT2D eigenvalue weighted by atomic mass is 9.99. The van der Waals surface area contributed by atoms with E-state index in [0.717, 1.165) is 38.3 Å². The molecule has 0 saturated carbocycles. The molecule has 0 radical (unpaired) electrons. The van der Waals surface area contributed by atoms with E-state index in [0.29, 0.717) is 25.1 Å². The lowest BCUT2D eigenvalue weighted by Crippen LogP contribution is -2.31. The molecular formula is C37H37NO8S. The van der Waals surface area contributed by atoms with Gasteiger partial charge in [0.2, 0.25) is 5.91 Å². The normalized spacial score (nSPS) is 17.6. The Kier molecular flexibility index (Phi) is 11.8. The molecule has 1 fully saturated rings. The molecule has 1 amide bonds. The Balaban J connectivity index is 1.30. The highest BCUT2D eigenvalue weighted by Crippen LogP contribution is 2.40. The standard InChI is InChI=1S/C37H37NO8S/c39-22-24-10-12-26(13-11-24)33-20-31(23-47-32-16-14-27(15-17-32)36(43)44)45-37(46-33)30-7-2-6-29(19-30)28-5-1-4-25(18-28)21-38-34(40)8-3-9-35(41)42/h1-2,4-7,10-19,31,33,37,39H,3,8-9,20-23H2,(H,38,40)(H,41,42)(H,43,44). The molecule has 9 nitrogen and oxygen atoms in total. The van der Waals surface area contributed by atoms with Gasteiger partial charge >= 0.3 is 11.9 Å². The van der Waals surface area contributed by atoms with Gasteiger partial charge in [-0.25, -0.2) is 4.79 Å². The van der Waals surface area contributed by atoms with Crippen molar-refractivity contribution in [2.45, 2.75) is 62.2 Å². The Morgan fingerprint density at radius 2 is 1.51 bits per heavy atom. The Morgan fingerprint density at radius 1 is 0.787 bits per heavy atom. The number of hydrogen-bond donors (Lipinski definition) is 4. The summed E-state index contributed by atoms with van der Waals surface area (Å²) in [5.41, 5.74) is 5.76. The Morgan fingerprint density at radius 3 is 2.21 bits per heavy atom. The molecule has 0 bridgehead atoms. The van der Waals surface area contributed by atoms with Gasteiger partial charge in [-0.05, 0) is 70.6 Å². The van der Waals surface area contributed by atoms with E-state index in [4.69, 9.17) is 14.6 Å². The fraction of sp³-hybridized carbons (Fsp3) is 0.270. The summed E-state index contributed by atoms with van der Waals surface area (Å²) in [6.45, 7) is 0.300. The van der Waals surface area contributed by atoms with Crippen LogP contribution in [0.1, 0.15) is 70.7 Å². The minimum Gasteiger partial charge on any atom is -0.481 e. The molecule has 47 heavy (non-hydrogen) atoms. The van der Waals surface area contributed by atoms with Crippen LogP contribution in [0.3, 0.4) is 0 Å². The van der Waals surface area contributed by atoms with E-state index in [2.05, 4.69) is 5.32 Å². The summed E-state index contributed by atoms with van der Waals surface area (Å²) in [6.07, 6.45) is 0.00997. The number of thioether (sulfide) groups is 1. The number of carboxylic acids is 2. The first kappa shape index (κ1) is 33.9. The third-order valence-corrected chi connectivity index (χ3v) is 9.00. The maximum absolute atomic E-state index is 12.2. The number of carbonyl (C=O) groups is 3. The predicted octanol–water partition coefficient (Wildman–Crippen LogP) is 6.75. The molecule has 3 unspecified atom stereocenters. The first-order valence-corrected chi connectivity index (χ1v) is 16.4. The smallest absolute Gasteiger partial charge is 0.335 e. The number of carboxylic acid groups (broad SMARTS) is 2. The lowest BCUT2D eigenvalue weighted by molar-refractivity contribution is -0.245. The summed E-state index contributed by atoms with van der Waals surface area (Å²) in [7, 11) is 0.